The molecule has 0 aromatic heterocycles. The SMILES string of the molecule is CC1CN(S(=O)(=O)c2ccc(C(=O)N3CCN(C(=O)CCC4CCCC4)CC3)cc2)CC(C)O1. The fourth-order valence-corrected chi connectivity index (χ4v) is 6.96. The number of amides is 2. The molecule has 4 rings (SSSR count). The molecule has 2 amide bonds. The first-order valence-electron chi connectivity index (χ1n) is 12.6. The second-order valence-corrected chi connectivity index (χ2v) is 11.9. The lowest BCUT2D eigenvalue weighted by atomic mass is 10.0. The van der Waals surface area contributed by atoms with E-state index in [0.717, 1.165) is 6.42 Å². The zero-order chi connectivity index (χ0) is 24.3. The molecular formula is C25H37N3O5S. The van der Waals surface area contributed by atoms with Gasteiger partial charge in [-0.1, -0.05) is 25.7 Å². The molecule has 0 spiro atoms. The van der Waals surface area contributed by atoms with Gasteiger partial charge in [-0.25, -0.2) is 8.42 Å². The number of rotatable bonds is 6. The minimum absolute atomic E-state index is 0.129. The first-order chi connectivity index (χ1) is 16.2. The molecule has 2 unspecified atom stereocenters. The van der Waals surface area contributed by atoms with E-state index in [4.69, 9.17) is 4.74 Å². The highest BCUT2D eigenvalue weighted by Gasteiger charge is 2.32. The van der Waals surface area contributed by atoms with Crippen LogP contribution in [0.2, 0.25) is 0 Å². The van der Waals surface area contributed by atoms with Crippen LogP contribution in [0.3, 0.4) is 0 Å². The summed E-state index contributed by atoms with van der Waals surface area (Å²) in [6, 6.07) is 6.19. The largest absolute Gasteiger partial charge is 0.373 e. The molecule has 0 radical (unpaired) electrons. The zero-order valence-electron chi connectivity index (χ0n) is 20.3. The fraction of sp³-hybridized carbons (Fsp3) is 0.680. The third-order valence-electron chi connectivity index (χ3n) is 7.29. The predicted molar refractivity (Wildman–Crippen MR) is 129 cm³/mol. The lowest BCUT2D eigenvalue weighted by Crippen LogP contribution is -2.50. The van der Waals surface area contributed by atoms with Crippen LogP contribution in [-0.4, -0.2) is 85.8 Å². The topological polar surface area (TPSA) is 87.2 Å². The number of benzene rings is 1. The van der Waals surface area contributed by atoms with Crippen molar-refractivity contribution in [2.75, 3.05) is 39.3 Å². The minimum Gasteiger partial charge on any atom is -0.373 e. The summed E-state index contributed by atoms with van der Waals surface area (Å²) in [4.78, 5) is 29.3. The number of hydrogen-bond donors (Lipinski definition) is 0. The van der Waals surface area contributed by atoms with E-state index in [9.17, 15) is 18.0 Å². The summed E-state index contributed by atoms with van der Waals surface area (Å²) in [5, 5.41) is 0. The standard InChI is InChI=1S/C25H37N3O5S/c1-19-17-28(18-20(2)33-19)34(31,32)23-10-8-22(9-11-23)25(30)27-15-13-26(14-16-27)24(29)12-7-21-5-3-4-6-21/h8-11,19-21H,3-7,12-18H2,1-2H3. The molecule has 1 saturated carbocycles. The van der Waals surface area contributed by atoms with Gasteiger partial charge in [0, 0.05) is 51.3 Å². The van der Waals surface area contributed by atoms with E-state index >= 15 is 0 Å². The Labute approximate surface area is 203 Å². The van der Waals surface area contributed by atoms with Crippen molar-refractivity contribution < 1.29 is 22.7 Å². The zero-order valence-corrected chi connectivity index (χ0v) is 21.1. The number of sulfonamides is 1. The van der Waals surface area contributed by atoms with E-state index in [1.54, 1.807) is 17.0 Å². The maximum absolute atomic E-state index is 13.0. The van der Waals surface area contributed by atoms with E-state index in [0.29, 0.717) is 57.2 Å². The normalized spacial score (nSPS) is 25.0. The summed E-state index contributed by atoms with van der Waals surface area (Å²) in [6.45, 7) is 6.46. The van der Waals surface area contributed by atoms with Crippen LogP contribution in [0, 0.1) is 5.92 Å². The maximum atomic E-state index is 13.0. The Balaban J connectivity index is 1.30. The van der Waals surface area contributed by atoms with Crippen LogP contribution in [0.4, 0.5) is 0 Å². The van der Waals surface area contributed by atoms with Gasteiger partial charge < -0.3 is 14.5 Å². The van der Waals surface area contributed by atoms with Crippen LogP contribution < -0.4 is 0 Å². The summed E-state index contributed by atoms with van der Waals surface area (Å²) >= 11 is 0. The van der Waals surface area contributed by atoms with Crippen LogP contribution >= 0.6 is 0 Å². The van der Waals surface area contributed by atoms with Gasteiger partial charge in [0.15, 0.2) is 0 Å². The molecule has 1 aromatic carbocycles. The average Bonchev–Trinajstić information content (AvgIpc) is 3.35. The third-order valence-corrected chi connectivity index (χ3v) is 9.13. The number of carbonyl (C=O) groups excluding carboxylic acids is 2. The Morgan fingerprint density at radius 1 is 0.912 bits per heavy atom. The van der Waals surface area contributed by atoms with Crippen molar-refractivity contribution in [1.82, 2.24) is 14.1 Å². The molecule has 3 fully saturated rings. The molecule has 34 heavy (non-hydrogen) atoms. The fourth-order valence-electron chi connectivity index (χ4n) is 5.37. The highest BCUT2D eigenvalue weighted by atomic mass is 32.2. The molecule has 2 heterocycles. The third kappa shape index (κ3) is 5.80. The van der Waals surface area contributed by atoms with Crippen molar-refractivity contribution >= 4 is 21.8 Å². The second kappa shape index (κ2) is 10.7. The Hall–Kier alpha value is -1.97. The van der Waals surface area contributed by atoms with Crippen molar-refractivity contribution in [2.24, 2.45) is 5.92 Å². The Morgan fingerprint density at radius 3 is 2.06 bits per heavy atom. The predicted octanol–water partition coefficient (Wildman–Crippen LogP) is 2.74. The van der Waals surface area contributed by atoms with Crippen molar-refractivity contribution in [3.05, 3.63) is 29.8 Å². The van der Waals surface area contributed by atoms with Crippen molar-refractivity contribution in [1.29, 1.82) is 0 Å². The number of carbonyl (C=O) groups is 2. The number of hydrogen-bond acceptors (Lipinski definition) is 5. The molecule has 1 aliphatic carbocycles. The van der Waals surface area contributed by atoms with E-state index < -0.39 is 10.0 Å². The Bertz CT molecular complexity index is 957. The van der Waals surface area contributed by atoms with Gasteiger partial charge in [0.2, 0.25) is 15.9 Å². The minimum atomic E-state index is -3.64. The van der Waals surface area contributed by atoms with Gasteiger partial charge in [-0.15, -0.1) is 0 Å². The van der Waals surface area contributed by atoms with Crippen LogP contribution in [0.1, 0.15) is 62.7 Å². The molecule has 0 N–H and O–H groups in total. The van der Waals surface area contributed by atoms with E-state index in [2.05, 4.69) is 0 Å². The van der Waals surface area contributed by atoms with Crippen LogP contribution in [-0.2, 0) is 19.6 Å². The number of piperazine rings is 1. The average molecular weight is 492 g/mol. The van der Waals surface area contributed by atoms with Crippen LogP contribution in [0.15, 0.2) is 29.2 Å². The van der Waals surface area contributed by atoms with Crippen molar-refractivity contribution in [2.45, 2.75) is 69.5 Å². The number of ether oxygens (including phenoxy) is 1. The Morgan fingerprint density at radius 2 is 1.47 bits per heavy atom. The van der Waals surface area contributed by atoms with E-state index in [1.807, 2.05) is 18.7 Å². The van der Waals surface area contributed by atoms with Crippen molar-refractivity contribution in [3.63, 3.8) is 0 Å². The van der Waals surface area contributed by atoms with Gasteiger partial charge in [0.05, 0.1) is 17.1 Å². The lowest BCUT2D eigenvalue weighted by molar-refractivity contribution is -0.133. The smallest absolute Gasteiger partial charge is 0.253 e. The summed E-state index contributed by atoms with van der Waals surface area (Å²) in [5.41, 5.74) is 0.462. The quantitative estimate of drug-likeness (QED) is 0.611. The Kier molecular flexibility index (Phi) is 7.94. The molecule has 2 saturated heterocycles. The summed E-state index contributed by atoms with van der Waals surface area (Å²) in [6.07, 6.45) is 6.35. The van der Waals surface area contributed by atoms with Crippen LogP contribution in [0.25, 0.3) is 0 Å². The molecule has 2 atom stereocenters. The lowest BCUT2D eigenvalue weighted by Gasteiger charge is -2.35. The highest BCUT2D eigenvalue weighted by molar-refractivity contribution is 7.89. The van der Waals surface area contributed by atoms with Gasteiger partial charge in [0.25, 0.3) is 5.91 Å². The summed E-state index contributed by atoms with van der Waals surface area (Å²) in [7, 11) is -3.64. The maximum Gasteiger partial charge on any atom is 0.253 e. The first-order valence-corrected chi connectivity index (χ1v) is 14.0. The number of nitrogens with zero attached hydrogens (tertiary/aromatic N) is 3. The molecule has 3 aliphatic rings. The molecular weight excluding hydrogens is 454 g/mol. The summed E-state index contributed by atoms with van der Waals surface area (Å²) < 4.78 is 33.2. The highest BCUT2D eigenvalue weighted by Crippen LogP contribution is 2.29. The van der Waals surface area contributed by atoms with Gasteiger partial charge in [-0.2, -0.15) is 4.31 Å². The van der Waals surface area contributed by atoms with Crippen LogP contribution in [0.5, 0.6) is 0 Å². The molecule has 9 heteroatoms. The summed E-state index contributed by atoms with van der Waals surface area (Å²) in [5.74, 6) is 0.768. The van der Waals surface area contributed by atoms with E-state index in [-0.39, 0.29) is 28.9 Å². The second-order valence-electron chi connectivity index (χ2n) is 9.97. The van der Waals surface area contributed by atoms with E-state index in [1.165, 1.54) is 42.1 Å². The molecule has 8 nitrogen and oxygen atoms in total. The molecule has 0 bridgehead atoms. The molecule has 1 aromatic rings. The molecule has 188 valence electrons. The van der Waals surface area contributed by atoms with Gasteiger partial charge >= 0.3 is 0 Å². The number of morpholine rings is 1. The first kappa shape index (κ1) is 25.1. The van der Waals surface area contributed by atoms with Gasteiger partial charge in [-0.05, 0) is 50.5 Å². The van der Waals surface area contributed by atoms with Crippen molar-refractivity contribution in [3.8, 4) is 0 Å². The monoisotopic (exact) mass is 491 g/mol. The van der Waals surface area contributed by atoms with Gasteiger partial charge in [0.1, 0.15) is 0 Å². The van der Waals surface area contributed by atoms with Gasteiger partial charge in [-0.3, -0.25) is 9.59 Å². The molecule has 2 aliphatic heterocycles.